The number of benzene rings is 1. The van der Waals surface area contributed by atoms with Gasteiger partial charge >= 0.3 is 0 Å². The standard InChI is InChI=1S/C16H17ClFN3O/c17-14-7-19-21(11-14)10-12-8-20(9-12)16(22)6-5-13-3-1-2-4-15(13)18/h1-4,7,11-12H,5-6,8-10H2. The minimum absolute atomic E-state index is 0.0815. The molecular formula is C16H17ClFN3O. The van der Waals surface area contributed by atoms with E-state index in [4.69, 9.17) is 11.6 Å². The zero-order chi connectivity index (χ0) is 15.5. The molecule has 0 radical (unpaired) electrons. The molecule has 2 heterocycles. The van der Waals surface area contributed by atoms with E-state index in [1.54, 1.807) is 35.3 Å². The summed E-state index contributed by atoms with van der Waals surface area (Å²) in [5.74, 6) is 0.249. The van der Waals surface area contributed by atoms with Gasteiger partial charge in [0.1, 0.15) is 5.82 Å². The molecule has 0 bridgehead atoms. The Morgan fingerprint density at radius 1 is 1.36 bits per heavy atom. The van der Waals surface area contributed by atoms with Crippen LogP contribution in [0.2, 0.25) is 5.02 Å². The zero-order valence-corrected chi connectivity index (χ0v) is 12.8. The highest BCUT2D eigenvalue weighted by atomic mass is 35.5. The smallest absolute Gasteiger partial charge is 0.222 e. The summed E-state index contributed by atoms with van der Waals surface area (Å²) < 4.78 is 15.3. The van der Waals surface area contributed by atoms with Crippen LogP contribution in [0.15, 0.2) is 36.7 Å². The highest BCUT2D eigenvalue weighted by Gasteiger charge is 2.30. The first-order chi connectivity index (χ1) is 10.6. The minimum atomic E-state index is -0.243. The Bertz CT molecular complexity index is 667. The molecule has 3 rings (SSSR count). The second kappa shape index (κ2) is 6.48. The van der Waals surface area contributed by atoms with Crippen LogP contribution in [0.25, 0.3) is 0 Å². The molecule has 4 nitrogen and oxygen atoms in total. The molecule has 0 N–H and O–H groups in total. The lowest BCUT2D eigenvalue weighted by molar-refractivity contribution is -0.137. The highest BCUT2D eigenvalue weighted by Crippen LogP contribution is 2.20. The number of rotatable bonds is 5. The molecule has 22 heavy (non-hydrogen) atoms. The summed E-state index contributed by atoms with van der Waals surface area (Å²) in [6.45, 7) is 2.23. The molecule has 1 aromatic heterocycles. The molecule has 0 spiro atoms. The maximum absolute atomic E-state index is 13.5. The lowest BCUT2D eigenvalue weighted by Crippen LogP contribution is -2.51. The van der Waals surface area contributed by atoms with Crippen molar-refractivity contribution in [1.29, 1.82) is 0 Å². The van der Waals surface area contributed by atoms with E-state index in [1.165, 1.54) is 6.07 Å². The lowest BCUT2D eigenvalue weighted by atomic mass is 9.99. The van der Waals surface area contributed by atoms with Crippen molar-refractivity contribution in [1.82, 2.24) is 14.7 Å². The number of hydrogen-bond acceptors (Lipinski definition) is 2. The third kappa shape index (κ3) is 3.47. The van der Waals surface area contributed by atoms with Crippen LogP contribution < -0.4 is 0 Å². The van der Waals surface area contributed by atoms with Crippen LogP contribution in [0.3, 0.4) is 0 Å². The van der Waals surface area contributed by atoms with E-state index < -0.39 is 0 Å². The van der Waals surface area contributed by atoms with E-state index in [0.29, 0.717) is 29.3 Å². The summed E-state index contributed by atoms with van der Waals surface area (Å²) >= 11 is 5.82. The number of halogens is 2. The Labute approximate surface area is 133 Å². The van der Waals surface area contributed by atoms with Crippen LogP contribution in [-0.2, 0) is 17.8 Å². The molecular weight excluding hydrogens is 305 g/mol. The molecule has 1 aromatic carbocycles. The van der Waals surface area contributed by atoms with Gasteiger partial charge in [-0.3, -0.25) is 9.48 Å². The fourth-order valence-electron chi connectivity index (χ4n) is 2.69. The summed E-state index contributed by atoms with van der Waals surface area (Å²) in [4.78, 5) is 13.9. The molecule has 1 saturated heterocycles. The first kappa shape index (κ1) is 15.0. The third-order valence-corrected chi connectivity index (χ3v) is 4.12. The summed E-state index contributed by atoms with van der Waals surface area (Å²) in [7, 11) is 0. The Hall–Kier alpha value is -1.88. The van der Waals surface area contributed by atoms with Crippen LogP contribution in [0, 0.1) is 11.7 Å². The Morgan fingerprint density at radius 2 is 2.14 bits per heavy atom. The predicted molar refractivity (Wildman–Crippen MR) is 82.0 cm³/mol. The number of nitrogens with zero attached hydrogens (tertiary/aromatic N) is 3. The van der Waals surface area contributed by atoms with Gasteiger partial charge in [0.05, 0.1) is 11.2 Å². The number of aryl methyl sites for hydroxylation is 1. The number of carbonyl (C=O) groups is 1. The van der Waals surface area contributed by atoms with Crippen molar-refractivity contribution < 1.29 is 9.18 Å². The van der Waals surface area contributed by atoms with Crippen LogP contribution in [-0.4, -0.2) is 33.7 Å². The largest absolute Gasteiger partial charge is 0.342 e. The Balaban J connectivity index is 1.43. The lowest BCUT2D eigenvalue weighted by Gasteiger charge is -2.39. The van der Waals surface area contributed by atoms with Gasteiger partial charge in [-0.05, 0) is 18.1 Å². The van der Waals surface area contributed by atoms with E-state index in [0.717, 1.165) is 19.6 Å². The van der Waals surface area contributed by atoms with Crippen LogP contribution in [0.1, 0.15) is 12.0 Å². The molecule has 0 aliphatic carbocycles. The maximum atomic E-state index is 13.5. The summed E-state index contributed by atoms with van der Waals surface area (Å²) in [5.41, 5.74) is 0.596. The fraction of sp³-hybridized carbons (Fsp3) is 0.375. The second-order valence-corrected chi connectivity index (χ2v) is 6.07. The first-order valence-electron chi connectivity index (χ1n) is 7.31. The van der Waals surface area contributed by atoms with Gasteiger partial charge in [-0.25, -0.2) is 4.39 Å². The summed E-state index contributed by atoms with van der Waals surface area (Å²) in [5, 5.41) is 4.76. The van der Waals surface area contributed by atoms with Gasteiger partial charge in [0.2, 0.25) is 5.91 Å². The second-order valence-electron chi connectivity index (χ2n) is 5.64. The van der Waals surface area contributed by atoms with Crippen molar-refractivity contribution in [2.75, 3.05) is 13.1 Å². The molecule has 116 valence electrons. The molecule has 2 aromatic rings. The van der Waals surface area contributed by atoms with Crippen molar-refractivity contribution in [2.24, 2.45) is 5.92 Å². The van der Waals surface area contributed by atoms with Gasteiger partial charge in [0.15, 0.2) is 0 Å². The molecule has 0 atom stereocenters. The van der Waals surface area contributed by atoms with Crippen LogP contribution >= 0.6 is 11.6 Å². The molecule has 1 aliphatic rings. The molecule has 0 unspecified atom stereocenters. The van der Waals surface area contributed by atoms with Crippen LogP contribution in [0.4, 0.5) is 4.39 Å². The number of aromatic nitrogens is 2. The highest BCUT2D eigenvalue weighted by molar-refractivity contribution is 6.30. The summed E-state index contributed by atoms with van der Waals surface area (Å²) in [6, 6.07) is 6.59. The number of amides is 1. The molecule has 0 saturated carbocycles. The first-order valence-corrected chi connectivity index (χ1v) is 7.69. The molecule has 1 fully saturated rings. The topological polar surface area (TPSA) is 38.1 Å². The minimum Gasteiger partial charge on any atom is -0.342 e. The average molecular weight is 322 g/mol. The molecule has 1 amide bonds. The van der Waals surface area contributed by atoms with Gasteiger partial charge < -0.3 is 4.90 Å². The van der Waals surface area contributed by atoms with Gasteiger partial charge in [-0.1, -0.05) is 29.8 Å². The van der Waals surface area contributed by atoms with E-state index in [9.17, 15) is 9.18 Å². The molecule has 6 heteroatoms. The van der Waals surface area contributed by atoms with E-state index in [-0.39, 0.29) is 11.7 Å². The number of carbonyl (C=O) groups excluding carboxylic acids is 1. The third-order valence-electron chi connectivity index (χ3n) is 3.92. The number of hydrogen-bond donors (Lipinski definition) is 0. The van der Waals surface area contributed by atoms with E-state index in [1.807, 2.05) is 4.90 Å². The quantitative estimate of drug-likeness (QED) is 0.849. The van der Waals surface area contributed by atoms with Gasteiger partial charge in [-0.2, -0.15) is 5.10 Å². The van der Waals surface area contributed by atoms with Crippen molar-refractivity contribution in [2.45, 2.75) is 19.4 Å². The van der Waals surface area contributed by atoms with Crippen molar-refractivity contribution in [3.8, 4) is 0 Å². The maximum Gasteiger partial charge on any atom is 0.222 e. The van der Waals surface area contributed by atoms with E-state index in [2.05, 4.69) is 5.10 Å². The van der Waals surface area contributed by atoms with Crippen molar-refractivity contribution in [3.63, 3.8) is 0 Å². The molecule has 1 aliphatic heterocycles. The normalized spacial score (nSPS) is 14.9. The van der Waals surface area contributed by atoms with Crippen molar-refractivity contribution in [3.05, 3.63) is 53.1 Å². The Morgan fingerprint density at radius 3 is 2.82 bits per heavy atom. The van der Waals surface area contributed by atoms with Crippen molar-refractivity contribution >= 4 is 17.5 Å². The Kier molecular flexibility index (Phi) is 4.43. The monoisotopic (exact) mass is 321 g/mol. The summed E-state index contributed by atoms with van der Waals surface area (Å²) in [6.07, 6.45) is 4.18. The average Bonchev–Trinajstić information content (AvgIpc) is 2.86. The fourth-order valence-corrected chi connectivity index (χ4v) is 2.85. The number of likely N-dealkylation sites (tertiary alicyclic amines) is 1. The van der Waals surface area contributed by atoms with Gasteiger partial charge in [0, 0.05) is 38.2 Å². The van der Waals surface area contributed by atoms with Gasteiger partial charge in [0.25, 0.3) is 0 Å². The predicted octanol–water partition coefficient (Wildman–Crippen LogP) is 2.77. The van der Waals surface area contributed by atoms with Crippen LogP contribution in [0.5, 0.6) is 0 Å². The van der Waals surface area contributed by atoms with Gasteiger partial charge in [-0.15, -0.1) is 0 Å². The zero-order valence-electron chi connectivity index (χ0n) is 12.1. The van der Waals surface area contributed by atoms with E-state index >= 15 is 0 Å². The SMILES string of the molecule is O=C(CCc1ccccc1F)N1CC(Cn2cc(Cl)cn2)C1.